The number of amides is 1. The monoisotopic (exact) mass is 723 g/mol. The van der Waals surface area contributed by atoms with Gasteiger partial charge in [-0.05, 0) is 57.9 Å². The molecular weight excluding hydrogens is 636 g/mol. The van der Waals surface area contributed by atoms with E-state index in [0.717, 1.165) is 57.8 Å². The lowest BCUT2D eigenvalue weighted by Gasteiger charge is -2.18. The summed E-state index contributed by atoms with van der Waals surface area (Å²) in [6.45, 7) is 4.93. The molecule has 0 saturated carbocycles. The van der Waals surface area contributed by atoms with Crippen LogP contribution in [0.1, 0.15) is 245 Å². The van der Waals surface area contributed by atoms with Crippen LogP contribution in [-0.2, 0) is 19.1 Å². The summed E-state index contributed by atoms with van der Waals surface area (Å²) in [5.74, 6) is -1.25. The zero-order chi connectivity index (χ0) is 37.5. The Morgan fingerprint density at radius 1 is 0.490 bits per heavy atom. The lowest BCUT2D eigenvalue weighted by molar-refractivity contribution is -0.150. The van der Waals surface area contributed by atoms with Gasteiger partial charge in [-0.1, -0.05) is 181 Å². The minimum atomic E-state index is -1.01. The van der Waals surface area contributed by atoms with Crippen molar-refractivity contribution in [3.8, 4) is 0 Å². The maximum Gasteiger partial charge on any atom is 0.326 e. The highest BCUT2D eigenvalue weighted by molar-refractivity contribution is 5.83. The van der Waals surface area contributed by atoms with Gasteiger partial charge in [0.2, 0.25) is 5.91 Å². The van der Waals surface area contributed by atoms with Crippen molar-refractivity contribution in [3.05, 3.63) is 0 Å². The third kappa shape index (κ3) is 36.5. The number of esters is 1. The van der Waals surface area contributed by atoms with Gasteiger partial charge in [-0.15, -0.1) is 0 Å². The normalized spacial score (nSPS) is 12.5. The van der Waals surface area contributed by atoms with Gasteiger partial charge in [0.15, 0.2) is 0 Å². The Kier molecular flexibility index (Phi) is 38.3. The summed E-state index contributed by atoms with van der Waals surface area (Å²) in [4.78, 5) is 36.3. The van der Waals surface area contributed by atoms with Crippen molar-refractivity contribution in [2.24, 2.45) is 5.73 Å². The van der Waals surface area contributed by atoms with Crippen LogP contribution in [0.25, 0.3) is 0 Å². The standard InChI is InChI=1S/C44H86N2O5/c1-3-5-7-9-11-12-13-14-15-16-17-18-19-20-21-22-23-24-26-32-38-43(48)51-40(34-29-25-10-8-6-4-2)35-30-27-28-31-37-42(47)46-41(44(49)50)36-33-39-45/h40-41H,3-39,45H2,1-2H3,(H,46,47)(H,49,50). The molecule has 2 unspecified atom stereocenters. The van der Waals surface area contributed by atoms with Crippen LogP contribution in [0.3, 0.4) is 0 Å². The molecule has 0 radical (unpaired) electrons. The van der Waals surface area contributed by atoms with E-state index in [0.29, 0.717) is 32.2 Å². The number of carbonyl (C=O) groups is 3. The van der Waals surface area contributed by atoms with E-state index in [1.54, 1.807) is 0 Å². The van der Waals surface area contributed by atoms with Crippen molar-refractivity contribution in [2.75, 3.05) is 6.54 Å². The van der Waals surface area contributed by atoms with E-state index >= 15 is 0 Å². The summed E-state index contributed by atoms with van der Waals surface area (Å²) in [6.07, 6.45) is 41.7. The maximum absolute atomic E-state index is 12.7. The number of unbranched alkanes of at least 4 members (excludes halogenated alkanes) is 27. The molecule has 4 N–H and O–H groups in total. The fourth-order valence-electron chi connectivity index (χ4n) is 7.04. The second-order valence-corrected chi connectivity index (χ2v) is 15.5. The fraction of sp³-hybridized carbons (Fsp3) is 0.932. The highest BCUT2D eigenvalue weighted by Gasteiger charge is 2.19. The molecule has 0 aromatic rings. The van der Waals surface area contributed by atoms with Gasteiger partial charge in [0.25, 0.3) is 0 Å². The molecule has 51 heavy (non-hydrogen) atoms. The van der Waals surface area contributed by atoms with Crippen LogP contribution in [0.2, 0.25) is 0 Å². The number of ether oxygens (including phenoxy) is 1. The zero-order valence-electron chi connectivity index (χ0n) is 34.0. The van der Waals surface area contributed by atoms with Crippen molar-refractivity contribution in [1.29, 1.82) is 0 Å². The van der Waals surface area contributed by atoms with Crippen LogP contribution in [0.5, 0.6) is 0 Å². The van der Waals surface area contributed by atoms with Gasteiger partial charge < -0.3 is 20.9 Å². The quantitative estimate of drug-likeness (QED) is 0.0427. The van der Waals surface area contributed by atoms with Crippen molar-refractivity contribution in [1.82, 2.24) is 5.32 Å². The average molecular weight is 723 g/mol. The Morgan fingerprint density at radius 2 is 0.843 bits per heavy atom. The Hall–Kier alpha value is -1.63. The van der Waals surface area contributed by atoms with E-state index in [1.807, 2.05) is 0 Å². The first-order chi connectivity index (χ1) is 24.9. The first-order valence-electron chi connectivity index (χ1n) is 22.4. The predicted molar refractivity (Wildman–Crippen MR) is 216 cm³/mol. The number of rotatable bonds is 41. The first kappa shape index (κ1) is 49.4. The van der Waals surface area contributed by atoms with Gasteiger partial charge in [0.05, 0.1) is 0 Å². The molecule has 0 fully saturated rings. The summed E-state index contributed by atoms with van der Waals surface area (Å²) >= 11 is 0. The number of hydrogen-bond acceptors (Lipinski definition) is 5. The van der Waals surface area contributed by atoms with Crippen LogP contribution in [0, 0.1) is 0 Å². The molecule has 0 rings (SSSR count). The Bertz CT molecular complexity index is 777. The highest BCUT2D eigenvalue weighted by Crippen LogP contribution is 2.19. The van der Waals surface area contributed by atoms with Gasteiger partial charge in [-0.3, -0.25) is 9.59 Å². The summed E-state index contributed by atoms with van der Waals surface area (Å²) in [5.41, 5.74) is 5.48. The number of nitrogens with two attached hydrogens (primary N) is 1. The number of hydrogen-bond donors (Lipinski definition) is 3. The Morgan fingerprint density at radius 3 is 1.22 bits per heavy atom. The fourth-order valence-corrected chi connectivity index (χ4v) is 7.04. The van der Waals surface area contributed by atoms with E-state index < -0.39 is 12.0 Å². The van der Waals surface area contributed by atoms with E-state index in [9.17, 15) is 19.5 Å². The summed E-state index contributed by atoms with van der Waals surface area (Å²) in [5, 5.41) is 11.9. The highest BCUT2D eigenvalue weighted by atomic mass is 16.5. The molecular formula is C44H86N2O5. The van der Waals surface area contributed by atoms with Crippen molar-refractivity contribution < 1.29 is 24.2 Å². The van der Waals surface area contributed by atoms with E-state index in [2.05, 4.69) is 19.2 Å². The summed E-state index contributed by atoms with van der Waals surface area (Å²) < 4.78 is 5.99. The average Bonchev–Trinajstić information content (AvgIpc) is 3.11. The van der Waals surface area contributed by atoms with E-state index in [-0.39, 0.29) is 18.0 Å². The molecule has 0 saturated heterocycles. The lowest BCUT2D eigenvalue weighted by atomic mass is 10.0. The van der Waals surface area contributed by atoms with E-state index in [4.69, 9.17) is 10.5 Å². The molecule has 302 valence electrons. The molecule has 2 atom stereocenters. The number of carbonyl (C=O) groups excluding carboxylic acids is 2. The van der Waals surface area contributed by atoms with Gasteiger partial charge in [-0.25, -0.2) is 4.79 Å². The van der Waals surface area contributed by atoms with Crippen molar-refractivity contribution in [2.45, 2.75) is 257 Å². The molecule has 0 bridgehead atoms. The summed E-state index contributed by atoms with van der Waals surface area (Å²) in [7, 11) is 0. The van der Waals surface area contributed by atoms with Gasteiger partial charge >= 0.3 is 11.9 Å². The number of carboxylic acids is 1. The summed E-state index contributed by atoms with van der Waals surface area (Å²) in [6, 6.07) is -0.859. The molecule has 0 aliphatic heterocycles. The Labute approximate surface area is 316 Å². The Balaban J connectivity index is 3.98. The van der Waals surface area contributed by atoms with Crippen LogP contribution in [0.15, 0.2) is 0 Å². The maximum atomic E-state index is 12.7. The molecule has 1 amide bonds. The van der Waals surface area contributed by atoms with Gasteiger partial charge in [0, 0.05) is 12.8 Å². The first-order valence-corrected chi connectivity index (χ1v) is 22.4. The second-order valence-electron chi connectivity index (χ2n) is 15.5. The molecule has 7 nitrogen and oxygen atoms in total. The molecule has 7 heteroatoms. The van der Waals surface area contributed by atoms with Crippen LogP contribution < -0.4 is 11.1 Å². The van der Waals surface area contributed by atoms with Crippen LogP contribution in [-0.4, -0.2) is 41.6 Å². The van der Waals surface area contributed by atoms with E-state index in [1.165, 1.54) is 148 Å². The molecule has 0 aromatic carbocycles. The topological polar surface area (TPSA) is 119 Å². The third-order valence-electron chi connectivity index (χ3n) is 10.4. The minimum absolute atomic E-state index is 0.00375. The number of carboxylic acid groups (broad SMARTS) is 1. The molecule has 0 aliphatic carbocycles. The van der Waals surface area contributed by atoms with Gasteiger partial charge in [0.1, 0.15) is 12.1 Å². The van der Waals surface area contributed by atoms with Crippen molar-refractivity contribution in [3.63, 3.8) is 0 Å². The predicted octanol–water partition coefficient (Wildman–Crippen LogP) is 12.5. The van der Waals surface area contributed by atoms with Gasteiger partial charge in [-0.2, -0.15) is 0 Å². The smallest absolute Gasteiger partial charge is 0.326 e. The largest absolute Gasteiger partial charge is 0.480 e. The minimum Gasteiger partial charge on any atom is -0.480 e. The third-order valence-corrected chi connectivity index (χ3v) is 10.4. The molecule has 0 heterocycles. The van der Waals surface area contributed by atoms with Crippen LogP contribution in [0.4, 0.5) is 0 Å². The number of nitrogens with one attached hydrogen (secondary N) is 1. The lowest BCUT2D eigenvalue weighted by Crippen LogP contribution is -2.40. The van der Waals surface area contributed by atoms with Crippen molar-refractivity contribution >= 4 is 17.8 Å². The number of aliphatic carboxylic acids is 1. The van der Waals surface area contributed by atoms with Crippen LogP contribution >= 0.6 is 0 Å². The molecule has 0 spiro atoms. The zero-order valence-corrected chi connectivity index (χ0v) is 34.0. The SMILES string of the molecule is CCCCCCCCCCCCCCCCCCCCCCC(=O)OC(CCCCCCCC)CCCCCCC(=O)NC(CCCN)C(=O)O. The molecule has 0 aliphatic rings. The molecule has 0 aromatic heterocycles. The second kappa shape index (κ2) is 39.6.